The van der Waals surface area contributed by atoms with Crippen LogP contribution in [0.15, 0.2) is 149 Å². The Labute approximate surface area is 496 Å². The summed E-state index contributed by atoms with van der Waals surface area (Å²) in [5.41, 5.74) is 5.78. The SMILES string of the molecule is CC#Cc1cn(C(C)(C)C)c(=O)c2c(C)cccc12.Cc1ccc2c(=O)n(C(C)(C)C)ccc2c1.Cc1cccc2ccn(C(C)(C)C)c(=O)c12.Cc1ccn([C@H]2C[C@@H](O)[C@@H](CO)O2)c1.O=[N+]([O-])c1ccc2c(ccn2[C@H]2C[C@@H](O)[C@@H](CO)O2)c1. The molecule has 4 N–H and O–H groups in total. The average molecular weight is 1160 g/mol. The smallest absolute Gasteiger partial charge is 0.270 e. The second-order valence-electron chi connectivity index (χ2n) is 24.8. The van der Waals surface area contributed by atoms with Crippen LogP contribution in [0.2, 0.25) is 0 Å². The summed E-state index contributed by atoms with van der Waals surface area (Å²) >= 11 is 0. The number of ether oxygens (including phenoxy) is 2. The molecule has 2 aliphatic heterocycles. The lowest BCUT2D eigenvalue weighted by molar-refractivity contribution is -0.384. The number of fused-ring (bicyclic) bond motifs is 4. The van der Waals surface area contributed by atoms with Gasteiger partial charge in [-0.15, -0.1) is 5.92 Å². The molecule has 0 radical (unpaired) electrons. The molecule has 17 nitrogen and oxygen atoms in total. The van der Waals surface area contributed by atoms with Crippen molar-refractivity contribution < 1.29 is 34.8 Å². The van der Waals surface area contributed by atoms with Gasteiger partial charge in [-0.3, -0.25) is 24.5 Å². The Hall–Kier alpha value is -7.95. The minimum atomic E-state index is -0.708. The van der Waals surface area contributed by atoms with E-state index in [2.05, 4.69) is 11.8 Å². The lowest BCUT2D eigenvalue weighted by Gasteiger charge is -2.23. The summed E-state index contributed by atoms with van der Waals surface area (Å²) < 4.78 is 20.2. The number of non-ortho nitro benzene ring substituents is 1. The number of hydrogen-bond donors (Lipinski definition) is 4. The van der Waals surface area contributed by atoms with E-state index in [1.807, 2.05) is 210 Å². The predicted molar refractivity (Wildman–Crippen MR) is 337 cm³/mol. The summed E-state index contributed by atoms with van der Waals surface area (Å²) in [7, 11) is 0. The molecule has 0 aliphatic carbocycles. The highest BCUT2D eigenvalue weighted by Gasteiger charge is 2.35. The van der Waals surface area contributed by atoms with Gasteiger partial charge in [0.25, 0.3) is 22.4 Å². The fourth-order valence-corrected chi connectivity index (χ4v) is 10.5. The number of rotatable bonds is 5. The molecule has 9 aromatic rings. The average Bonchev–Trinajstić information content (AvgIpc) is 2.28. The van der Waals surface area contributed by atoms with E-state index < -0.39 is 29.3 Å². The van der Waals surface area contributed by atoms with Crippen molar-refractivity contribution in [1.82, 2.24) is 22.8 Å². The molecule has 0 amide bonds. The summed E-state index contributed by atoms with van der Waals surface area (Å²) in [6.45, 7) is 27.8. The van der Waals surface area contributed by atoms with Gasteiger partial charge in [0.1, 0.15) is 24.7 Å². The van der Waals surface area contributed by atoms with Crippen molar-refractivity contribution in [2.24, 2.45) is 0 Å². The third-order valence-corrected chi connectivity index (χ3v) is 15.1. The first-order valence-corrected chi connectivity index (χ1v) is 28.6. The number of nitrogens with zero attached hydrogens (tertiary/aromatic N) is 6. The lowest BCUT2D eigenvalue weighted by Crippen LogP contribution is -2.34. The molecule has 6 atom stereocenters. The number of aliphatic hydroxyl groups is 4. The molecule has 5 aromatic heterocycles. The van der Waals surface area contributed by atoms with Crippen molar-refractivity contribution >= 4 is 48.9 Å². The van der Waals surface area contributed by atoms with Gasteiger partial charge in [-0.25, -0.2) is 0 Å². The van der Waals surface area contributed by atoms with E-state index in [4.69, 9.17) is 19.7 Å². The largest absolute Gasteiger partial charge is 0.394 e. The Morgan fingerprint density at radius 3 is 1.69 bits per heavy atom. The van der Waals surface area contributed by atoms with Gasteiger partial charge in [0.15, 0.2) is 0 Å². The topological polar surface area (TPSA) is 218 Å². The van der Waals surface area contributed by atoms with Gasteiger partial charge in [-0.05, 0) is 161 Å². The number of hydrogen-bond acceptors (Lipinski definition) is 11. The number of aryl methyl sites for hydroxylation is 4. The van der Waals surface area contributed by atoms with Crippen LogP contribution in [0.3, 0.4) is 0 Å². The van der Waals surface area contributed by atoms with Crippen LogP contribution in [0.25, 0.3) is 43.2 Å². The highest BCUT2D eigenvalue weighted by molar-refractivity contribution is 5.90. The van der Waals surface area contributed by atoms with Crippen molar-refractivity contribution in [3.8, 4) is 11.8 Å². The van der Waals surface area contributed by atoms with Crippen molar-refractivity contribution in [1.29, 1.82) is 0 Å². The third kappa shape index (κ3) is 14.9. The van der Waals surface area contributed by atoms with Crippen molar-refractivity contribution in [3.63, 3.8) is 0 Å². The van der Waals surface area contributed by atoms with Crippen LogP contribution < -0.4 is 16.7 Å². The zero-order valence-electron chi connectivity index (χ0n) is 51.3. The fourth-order valence-electron chi connectivity index (χ4n) is 10.5. The first kappa shape index (κ1) is 64.6. The Morgan fingerprint density at radius 1 is 0.576 bits per heavy atom. The molecule has 85 heavy (non-hydrogen) atoms. The normalized spacial score (nSPS) is 18.5. The molecular weight excluding hydrogens is 1080 g/mol. The summed E-state index contributed by atoms with van der Waals surface area (Å²) in [5.74, 6) is 6.04. The number of benzene rings is 4. The predicted octanol–water partition coefficient (Wildman–Crippen LogP) is 11.2. The number of aliphatic hydroxyl groups excluding tert-OH is 4. The Bertz CT molecular complexity index is 4090. The fraction of sp³-hybridized carbons (Fsp3) is 0.397. The molecule has 7 heterocycles. The summed E-state index contributed by atoms with van der Waals surface area (Å²) in [6, 6.07) is 30.2. The van der Waals surface area contributed by atoms with Gasteiger partial charge in [-0.1, -0.05) is 60.0 Å². The molecule has 0 unspecified atom stereocenters. The minimum absolute atomic E-state index is 0.0378. The van der Waals surface area contributed by atoms with E-state index in [0.717, 1.165) is 65.5 Å². The maximum Gasteiger partial charge on any atom is 0.270 e. The van der Waals surface area contributed by atoms with Gasteiger partial charge in [0, 0.05) is 100 Å². The van der Waals surface area contributed by atoms with Crippen molar-refractivity contribution in [3.05, 3.63) is 203 Å². The zero-order valence-corrected chi connectivity index (χ0v) is 51.3. The van der Waals surface area contributed by atoms with Crippen LogP contribution in [-0.4, -0.2) is 85.8 Å². The Kier molecular flexibility index (Phi) is 20.2. The maximum atomic E-state index is 12.7. The molecule has 11 rings (SSSR count). The summed E-state index contributed by atoms with van der Waals surface area (Å²) in [6.07, 6.45) is 9.40. The molecule has 2 saturated heterocycles. The summed E-state index contributed by atoms with van der Waals surface area (Å²) in [5, 5.41) is 54.2. The first-order chi connectivity index (χ1) is 40.0. The van der Waals surface area contributed by atoms with Gasteiger partial charge in [0.05, 0.1) is 46.6 Å². The van der Waals surface area contributed by atoms with E-state index in [-0.39, 0.29) is 64.7 Å². The molecule has 450 valence electrons. The standard InChI is InChI=1S/C17H19NO.2C14H17NO.C13H14N2O5.C10H15NO3/c1-6-8-13-11-18(17(3,4)5)16(19)15-12(2)9-7-10-14(13)15;1-10-5-6-12-11(9-10)7-8-15(13(12)16)14(2,3)4;1-10-6-5-7-11-8-9-15(14(2,3)4)13(16)12(10)11;16-7-12-11(17)6-13(20-12)14-4-3-8-5-9(15(18)19)1-2-10(8)14;1-7-2-3-11(5-7)10-4-8(13)9(6-12)14-10/h7,9-11H,1-5H3;2*5-9H,1-4H3;1-5,11-13,16-17H,6-7H2;2-3,5,8-10,12-13H,4,6H2,1H3/t;;;11-,12-,13-;8-,9-,10-/m...11/s1. The molecule has 0 saturated carbocycles. The molecule has 0 spiro atoms. The second kappa shape index (κ2) is 26.5. The minimum Gasteiger partial charge on any atom is -0.394 e. The number of aromatic nitrogens is 5. The number of nitro groups is 1. The van der Waals surface area contributed by atoms with Crippen LogP contribution in [-0.2, 0) is 26.1 Å². The van der Waals surface area contributed by atoms with E-state index in [0.29, 0.717) is 12.8 Å². The monoisotopic (exact) mass is 1160 g/mol. The van der Waals surface area contributed by atoms with Gasteiger partial charge in [-0.2, -0.15) is 0 Å². The molecule has 2 fully saturated rings. The van der Waals surface area contributed by atoms with E-state index >= 15 is 0 Å². The van der Waals surface area contributed by atoms with E-state index in [1.165, 1.54) is 17.7 Å². The number of nitro benzene ring substituents is 1. The Morgan fingerprint density at radius 2 is 1.13 bits per heavy atom. The molecular formula is C68H82N6O11. The molecule has 0 bridgehead atoms. The van der Waals surface area contributed by atoms with E-state index in [9.17, 15) is 34.7 Å². The zero-order chi connectivity index (χ0) is 62.5. The van der Waals surface area contributed by atoms with Gasteiger partial charge >= 0.3 is 0 Å². The first-order valence-electron chi connectivity index (χ1n) is 28.6. The number of pyridine rings is 3. The maximum absolute atomic E-state index is 12.7. The van der Waals surface area contributed by atoms with Crippen LogP contribution >= 0.6 is 0 Å². The second-order valence-corrected chi connectivity index (χ2v) is 24.8. The van der Waals surface area contributed by atoms with Gasteiger partial charge < -0.3 is 52.7 Å². The highest BCUT2D eigenvalue weighted by atomic mass is 16.6. The van der Waals surface area contributed by atoms with Crippen molar-refractivity contribution in [2.45, 2.75) is 163 Å². The van der Waals surface area contributed by atoms with Crippen LogP contribution in [0, 0.1) is 49.7 Å². The van der Waals surface area contributed by atoms with E-state index in [1.54, 1.807) is 32.0 Å². The highest BCUT2D eigenvalue weighted by Crippen LogP contribution is 2.34. The summed E-state index contributed by atoms with van der Waals surface area (Å²) in [4.78, 5) is 47.6. The van der Waals surface area contributed by atoms with Crippen LogP contribution in [0.5, 0.6) is 0 Å². The molecule has 2 aliphatic rings. The van der Waals surface area contributed by atoms with Crippen molar-refractivity contribution in [2.75, 3.05) is 13.2 Å². The van der Waals surface area contributed by atoms with Crippen LogP contribution in [0.1, 0.15) is 122 Å². The van der Waals surface area contributed by atoms with Gasteiger partial charge in [0.2, 0.25) is 0 Å². The Balaban J connectivity index is 0.000000153. The quantitative estimate of drug-likeness (QED) is 0.0722. The molecule has 17 heteroatoms. The third-order valence-electron chi connectivity index (χ3n) is 15.1. The van der Waals surface area contributed by atoms with Crippen LogP contribution in [0.4, 0.5) is 5.69 Å². The molecule has 4 aromatic carbocycles. The lowest BCUT2D eigenvalue weighted by atomic mass is 10.0.